The minimum Gasteiger partial charge on any atom is -0.393 e. The van der Waals surface area contributed by atoms with Crippen molar-refractivity contribution in [3.63, 3.8) is 0 Å². The Morgan fingerprint density at radius 1 is 1.43 bits per heavy atom. The number of ether oxygens (including phenoxy) is 1. The molecule has 2 aliphatic heterocycles. The molecule has 10 heteroatoms. The summed E-state index contributed by atoms with van der Waals surface area (Å²) >= 11 is 0. The number of amides is 1. The zero-order chi connectivity index (χ0) is 15.9. The zero-order valence-electron chi connectivity index (χ0n) is 10.4. The molecule has 118 valence electrons. The number of aliphatic hydroxyl groups is 3. The van der Waals surface area contributed by atoms with E-state index in [1.54, 1.807) is 0 Å². The zero-order valence-corrected chi connectivity index (χ0v) is 10.4. The van der Waals surface area contributed by atoms with Crippen LogP contribution in [0.2, 0.25) is 0 Å². The lowest BCUT2D eigenvalue weighted by Crippen LogP contribution is -2.52. The smallest absolute Gasteiger partial charge is 0.272 e. The number of halogens is 3. The van der Waals surface area contributed by atoms with Gasteiger partial charge in [-0.3, -0.25) is 14.5 Å². The Morgan fingerprint density at radius 3 is 2.52 bits per heavy atom. The van der Waals surface area contributed by atoms with Crippen LogP contribution in [-0.2, 0) is 14.3 Å². The van der Waals surface area contributed by atoms with Crippen LogP contribution in [0.25, 0.3) is 0 Å². The summed E-state index contributed by atoms with van der Waals surface area (Å²) in [6.45, 7) is -1.33. The Labute approximate surface area is 116 Å². The third-order valence-corrected chi connectivity index (χ3v) is 3.47. The van der Waals surface area contributed by atoms with E-state index in [1.807, 2.05) is 0 Å². The summed E-state index contributed by atoms with van der Waals surface area (Å²) in [6, 6.07) is 0. The summed E-state index contributed by atoms with van der Waals surface area (Å²) in [4.78, 5) is 23.0. The van der Waals surface area contributed by atoms with Crippen molar-refractivity contribution in [1.82, 2.24) is 4.90 Å². The van der Waals surface area contributed by atoms with Gasteiger partial charge in [0.2, 0.25) is 11.7 Å². The van der Waals surface area contributed by atoms with Gasteiger partial charge in [-0.05, 0) is 0 Å². The van der Waals surface area contributed by atoms with Gasteiger partial charge in [-0.2, -0.15) is 0 Å². The number of carbonyl (C=O) groups excluding carboxylic acids is 2. The summed E-state index contributed by atoms with van der Waals surface area (Å²) in [6.07, 6.45) is -9.86. The van der Waals surface area contributed by atoms with Gasteiger partial charge in [-0.1, -0.05) is 0 Å². The van der Waals surface area contributed by atoms with Crippen LogP contribution >= 0.6 is 0 Å². The Bertz CT molecular complexity index is 498. The van der Waals surface area contributed by atoms with E-state index in [1.165, 1.54) is 0 Å². The molecule has 0 spiro atoms. The van der Waals surface area contributed by atoms with Crippen molar-refractivity contribution in [3.8, 4) is 0 Å². The fourth-order valence-corrected chi connectivity index (χ4v) is 2.21. The lowest BCUT2D eigenvalue weighted by atomic mass is 9.96. The number of carbonyl (C=O) groups is 2. The highest BCUT2D eigenvalue weighted by Crippen LogP contribution is 2.38. The summed E-state index contributed by atoms with van der Waals surface area (Å²) in [5.74, 6) is -3.38. The minimum absolute atomic E-state index is 0.410. The second-order valence-electron chi connectivity index (χ2n) is 4.74. The molecule has 0 radical (unpaired) electrons. The van der Waals surface area contributed by atoms with E-state index >= 15 is 0 Å². The fraction of sp³-hybridized carbons (Fsp3) is 0.636. The molecule has 2 rings (SSSR count). The summed E-state index contributed by atoms with van der Waals surface area (Å²) in [7, 11) is 0. The Hall–Kier alpha value is -1.49. The first-order valence-electron chi connectivity index (χ1n) is 5.89. The number of nitrogens with zero attached hydrogens (tertiary/aromatic N) is 1. The molecule has 0 saturated carbocycles. The van der Waals surface area contributed by atoms with Gasteiger partial charge in [-0.25, -0.2) is 13.2 Å². The second-order valence-corrected chi connectivity index (χ2v) is 4.74. The molecule has 0 aromatic carbocycles. The number of rotatable bonds is 3. The third-order valence-electron chi connectivity index (χ3n) is 3.47. The van der Waals surface area contributed by atoms with E-state index in [9.17, 15) is 33.0 Å². The van der Waals surface area contributed by atoms with E-state index in [-0.39, 0.29) is 0 Å². The second kappa shape index (κ2) is 5.37. The fourth-order valence-electron chi connectivity index (χ4n) is 2.21. The van der Waals surface area contributed by atoms with Crippen molar-refractivity contribution in [1.29, 1.82) is 0 Å². The van der Waals surface area contributed by atoms with E-state index in [4.69, 9.17) is 9.84 Å². The topological polar surface area (TPSA) is 107 Å². The quantitative estimate of drug-likeness (QED) is 0.558. The van der Waals surface area contributed by atoms with Crippen molar-refractivity contribution in [2.75, 3.05) is 6.61 Å². The summed E-state index contributed by atoms with van der Waals surface area (Å²) in [5.41, 5.74) is -2.80. The molecule has 1 fully saturated rings. The molecular formula is C11H12F3NO6. The Balaban J connectivity index is 2.34. The van der Waals surface area contributed by atoms with Crippen LogP contribution in [0.5, 0.6) is 0 Å². The molecule has 1 amide bonds. The van der Waals surface area contributed by atoms with Crippen molar-refractivity contribution in [3.05, 3.63) is 12.0 Å². The molecule has 7 nitrogen and oxygen atoms in total. The van der Waals surface area contributed by atoms with Gasteiger partial charge in [0.25, 0.3) is 6.43 Å². The van der Waals surface area contributed by atoms with Gasteiger partial charge in [0.15, 0.2) is 17.7 Å². The molecule has 21 heavy (non-hydrogen) atoms. The molecule has 2 aliphatic rings. The van der Waals surface area contributed by atoms with Crippen molar-refractivity contribution in [2.24, 2.45) is 0 Å². The average Bonchev–Trinajstić information content (AvgIpc) is 2.68. The normalized spacial score (nSPS) is 37.4. The number of Topliss-reactive ketones (excluding diaryl/α,β-unsaturated/α-hetero) is 1. The Kier molecular flexibility index (Phi) is 4.06. The average molecular weight is 311 g/mol. The maximum Gasteiger partial charge on any atom is 0.272 e. The van der Waals surface area contributed by atoms with Gasteiger partial charge in [0.05, 0.1) is 13.0 Å². The van der Waals surface area contributed by atoms with Crippen LogP contribution in [0.1, 0.15) is 6.42 Å². The van der Waals surface area contributed by atoms with Gasteiger partial charge >= 0.3 is 0 Å². The molecule has 2 heterocycles. The molecule has 3 N–H and O–H groups in total. The van der Waals surface area contributed by atoms with Gasteiger partial charge < -0.3 is 20.1 Å². The van der Waals surface area contributed by atoms with Crippen LogP contribution in [-0.4, -0.2) is 69.0 Å². The highest BCUT2D eigenvalue weighted by atomic mass is 19.3. The van der Waals surface area contributed by atoms with Crippen molar-refractivity contribution in [2.45, 2.75) is 36.9 Å². The molecule has 4 atom stereocenters. The van der Waals surface area contributed by atoms with Gasteiger partial charge in [-0.15, -0.1) is 0 Å². The van der Waals surface area contributed by atoms with E-state index < -0.39 is 61.0 Å². The first-order valence-corrected chi connectivity index (χ1v) is 5.89. The van der Waals surface area contributed by atoms with Crippen LogP contribution < -0.4 is 0 Å². The lowest BCUT2D eigenvalue weighted by molar-refractivity contribution is -0.202. The number of ketones is 1. The largest absolute Gasteiger partial charge is 0.393 e. The maximum absolute atomic E-state index is 13.2. The van der Waals surface area contributed by atoms with Crippen LogP contribution in [0.15, 0.2) is 12.0 Å². The summed E-state index contributed by atoms with van der Waals surface area (Å²) in [5, 5.41) is 28.4. The predicted molar refractivity (Wildman–Crippen MR) is 58.4 cm³/mol. The predicted octanol–water partition coefficient (Wildman–Crippen LogP) is -1.33. The van der Waals surface area contributed by atoms with Gasteiger partial charge in [0, 0.05) is 6.20 Å². The highest BCUT2D eigenvalue weighted by Gasteiger charge is 2.61. The number of allylic oxidation sites excluding steroid dienone is 1. The maximum atomic E-state index is 13.2. The first-order chi connectivity index (χ1) is 9.74. The Morgan fingerprint density at radius 2 is 2.05 bits per heavy atom. The van der Waals surface area contributed by atoms with Crippen LogP contribution in [0.4, 0.5) is 13.2 Å². The number of alkyl halides is 2. The third kappa shape index (κ3) is 2.33. The van der Waals surface area contributed by atoms with Crippen molar-refractivity contribution < 1.29 is 42.8 Å². The summed E-state index contributed by atoms with van der Waals surface area (Å²) < 4.78 is 44.0. The first kappa shape index (κ1) is 15.9. The SMILES string of the molecule is O=C1CC(=O)N([C@@H]2O[C@@](CO)(C(F)F)[C@H](O)[C@H]2O)C=C1F. The monoisotopic (exact) mass is 311 g/mol. The molecular weight excluding hydrogens is 299 g/mol. The lowest BCUT2D eigenvalue weighted by Gasteiger charge is -2.31. The number of hydrogen-bond donors (Lipinski definition) is 3. The van der Waals surface area contributed by atoms with E-state index in [0.717, 1.165) is 0 Å². The number of aliphatic hydroxyl groups excluding tert-OH is 3. The standard InChI is InChI=1S/C11H12F3NO6/c12-4-2-15(6(18)1-5(4)17)9-7(19)8(20)11(3-16,21-9)10(13)14/h2,7-10,16,19-20H,1,3H2/t7-,8-,9-,11-/m1/s1. The van der Waals surface area contributed by atoms with E-state index in [2.05, 4.69) is 0 Å². The van der Waals surface area contributed by atoms with Crippen molar-refractivity contribution >= 4 is 11.7 Å². The molecule has 1 saturated heterocycles. The van der Waals surface area contributed by atoms with Crippen LogP contribution in [0, 0.1) is 0 Å². The van der Waals surface area contributed by atoms with Gasteiger partial charge in [0.1, 0.15) is 12.2 Å². The highest BCUT2D eigenvalue weighted by molar-refractivity contribution is 6.08. The molecule has 0 bridgehead atoms. The van der Waals surface area contributed by atoms with Crippen LogP contribution in [0.3, 0.4) is 0 Å². The molecule has 0 aromatic heterocycles. The molecule has 0 aliphatic carbocycles. The molecule has 0 aromatic rings. The minimum atomic E-state index is -3.37. The molecule has 0 unspecified atom stereocenters. The number of hydrogen-bond acceptors (Lipinski definition) is 6. The van der Waals surface area contributed by atoms with E-state index in [0.29, 0.717) is 11.1 Å².